The Morgan fingerprint density at radius 1 is 1.10 bits per heavy atom. The summed E-state index contributed by atoms with van der Waals surface area (Å²) < 4.78 is 45.7. The highest BCUT2D eigenvalue weighted by molar-refractivity contribution is 6.17. The van der Waals surface area contributed by atoms with Crippen molar-refractivity contribution in [2.45, 2.75) is 37.8 Å². The number of Topliss-reactive ketones (excluding diaryl/α,β-unsaturated/α-hetero) is 2. The van der Waals surface area contributed by atoms with E-state index in [1.807, 2.05) is 12.1 Å². The van der Waals surface area contributed by atoms with Crippen molar-refractivity contribution in [1.29, 1.82) is 0 Å². The highest BCUT2D eigenvalue weighted by atomic mass is 19.4. The van der Waals surface area contributed by atoms with E-state index < -0.39 is 35.8 Å². The van der Waals surface area contributed by atoms with Crippen molar-refractivity contribution in [2.24, 2.45) is 0 Å². The standard InChI is InChI=1S/C22H16F3NO3/c1-10-20(27)16-9-18(29-10)26-19-14-7-12-5-3-2-4-11(12)6-13(14)17(8-15(16)19)21(28)22(23,24)25/h2-8,10,16,18,26H,9H2,1H3/t10-,16-,18+/m0/s1. The fraction of sp³-hybridized carbons (Fsp3) is 0.273. The van der Waals surface area contributed by atoms with Gasteiger partial charge in [-0.25, -0.2) is 0 Å². The second-order valence-electron chi connectivity index (χ2n) is 7.56. The van der Waals surface area contributed by atoms with Gasteiger partial charge in [0.25, 0.3) is 5.78 Å². The smallest absolute Gasteiger partial charge is 0.359 e. The van der Waals surface area contributed by atoms with Crippen LogP contribution in [0, 0.1) is 0 Å². The van der Waals surface area contributed by atoms with Crippen molar-refractivity contribution >= 4 is 38.8 Å². The van der Waals surface area contributed by atoms with Gasteiger partial charge in [-0.2, -0.15) is 13.2 Å². The van der Waals surface area contributed by atoms with Crippen LogP contribution >= 0.6 is 0 Å². The molecule has 2 aliphatic rings. The Morgan fingerprint density at radius 3 is 2.41 bits per heavy atom. The summed E-state index contributed by atoms with van der Waals surface area (Å²) in [6.07, 6.45) is -5.74. The molecule has 3 aromatic carbocycles. The van der Waals surface area contributed by atoms with Gasteiger partial charge in [-0.05, 0) is 46.8 Å². The molecule has 1 fully saturated rings. The third-order valence-corrected chi connectivity index (χ3v) is 5.78. The lowest BCUT2D eigenvalue weighted by Gasteiger charge is -2.40. The van der Waals surface area contributed by atoms with E-state index >= 15 is 0 Å². The minimum Gasteiger partial charge on any atom is -0.359 e. The summed E-state index contributed by atoms with van der Waals surface area (Å²) in [6.45, 7) is 1.63. The van der Waals surface area contributed by atoms with Gasteiger partial charge < -0.3 is 10.1 Å². The van der Waals surface area contributed by atoms with Crippen LogP contribution in [0.15, 0.2) is 42.5 Å². The Kier molecular flexibility index (Phi) is 3.77. The third-order valence-electron chi connectivity index (χ3n) is 5.78. The first-order chi connectivity index (χ1) is 13.7. The number of hydrogen-bond acceptors (Lipinski definition) is 4. The van der Waals surface area contributed by atoms with Crippen molar-refractivity contribution in [1.82, 2.24) is 0 Å². The summed E-state index contributed by atoms with van der Waals surface area (Å²) in [5.74, 6) is -2.69. The molecule has 5 rings (SSSR count). The van der Waals surface area contributed by atoms with E-state index in [9.17, 15) is 22.8 Å². The van der Waals surface area contributed by atoms with Gasteiger partial charge in [-0.1, -0.05) is 24.3 Å². The van der Waals surface area contributed by atoms with Crippen molar-refractivity contribution in [3.8, 4) is 0 Å². The fourth-order valence-electron chi connectivity index (χ4n) is 4.42. The second-order valence-corrected chi connectivity index (χ2v) is 7.56. The molecule has 2 heterocycles. The van der Waals surface area contributed by atoms with Gasteiger partial charge in [0.05, 0.1) is 5.92 Å². The Bertz CT molecular complexity index is 1200. The van der Waals surface area contributed by atoms with E-state index in [2.05, 4.69) is 5.32 Å². The molecular formula is C22H16F3NO3. The van der Waals surface area contributed by atoms with Crippen molar-refractivity contribution in [2.75, 3.05) is 5.32 Å². The van der Waals surface area contributed by atoms with Crippen LogP contribution in [0.4, 0.5) is 18.9 Å². The predicted molar refractivity (Wildman–Crippen MR) is 102 cm³/mol. The molecule has 2 aliphatic heterocycles. The average molecular weight is 399 g/mol. The number of fused-ring (bicyclic) bond motifs is 7. The minimum atomic E-state index is -5.01. The molecule has 0 aliphatic carbocycles. The number of ether oxygens (including phenoxy) is 1. The number of anilines is 1. The summed E-state index contributed by atoms with van der Waals surface area (Å²) in [5.41, 5.74) is 0.562. The Labute approximate surface area is 163 Å². The van der Waals surface area contributed by atoms with Gasteiger partial charge >= 0.3 is 6.18 Å². The van der Waals surface area contributed by atoms with Gasteiger partial charge in [0, 0.05) is 23.1 Å². The lowest BCUT2D eigenvalue weighted by molar-refractivity contribution is -0.142. The van der Waals surface area contributed by atoms with Gasteiger partial charge in [0.1, 0.15) is 12.3 Å². The lowest BCUT2D eigenvalue weighted by atomic mass is 9.79. The molecule has 3 atom stereocenters. The summed E-state index contributed by atoms with van der Waals surface area (Å²) in [4.78, 5) is 24.9. The maximum absolute atomic E-state index is 13.3. The Hall–Kier alpha value is -2.93. The number of carbonyl (C=O) groups excluding carboxylic acids is 2. The van der Waals surface area contributed by atoms with Crippen LogP contribution in [0.1, 0.15) is 35.2 Å². The largest absolute Gasteiger partial charge is 0.454 e. The number of alkyl halides is 3. The summed E-state index contributed by atoms with van der Waals surface area (Å²) in [6, 6.07) is 11.9. The number of hydrogen-bond donors (Lipinski definition) is 1. The molecule has 0 unspecified atom stereocenters. The van der Waals surface area contributed by atoms with Gasteiger partial charge in [-0.3, -0.25) is 9.59 Å². The van der Waals surface area contributed by atoms with Crippen molar-refractivity contribution in [3.05, 3.63) is 53.6 Å². The number of benzene rings is 3. The molecule has 7 heteroatoms. The fourth-order valence-corrected chi connectivity index (χ4v) is 4.42. The first-order valence-corrected chi connectivity index (χ1v) is 9.30. The first kappa shape index (κ1) is 18.1. The molecule has 0 spiro atoms. The molecular weight excluding hydrogens is 383 g/mol. The van der Waals surface area contributed by atoms with E-state index in [0.29, 0.717) is 23.1 Å². The number of halogens is 3. The van der Waals surface area contributed by atoms with Crippen LogP contribution in [0.3, 0.4) is 0 Å². The maximum Gasteiger partial charge on any atom is 0.454 e. The zero-order valence-electron chi connectivity index (χ0n) is 15.3. The zero-order valence-corrected chi connectivity index (χ0v) is 15.3. The van der Waals surface area contributed by atoms with Crippen LogP contribution < -0.4 is 5.32 Å². The maximum atomic E-state index is 13.3. The number of rotatable bonds is 1. The molecule has 3 aromatic rings. The minimum absolute atomic E-state index is 0.186. The molecule has 2 bridgehead atoms. The Morgan fingerprint density at radius 2 is 1.76 bits per heavy atom. The number of carbonyl (C=O) groups is 2. The predicted octanol–water partition coefficient (Wildman–Crippen LogP) is 4.95. The van der Waals surface area contributed by atoms with E-state index in [0.717, 1.165) is 10.8 Å². The van der Waals surface area contributed by atoms with Crippen LogP contribution in [-0.2, 0) is 9.53 Å². The molecule has 148 valence electrons. The number of nitrogens with one attached hydrogen (secondary N) is 1. The zero-order chi connectivity index (χ0) is 20.5. The number of ketones is 2. The van der Waals surface area contributed by atoms with Crippen molar-refractivity contribution < 1.29 is 27.5 Å². The average Bonchev–Trinajstić information content (AvgIpc) is 2.69. The van der Waals surface area contributed by atoms with Crippen LogP contribution in [0.5, 0.6) is 0 Å². The highest BCUT2D eigenvalue weighted by Crippen LogP contribution is 2.46. The molecule has 0 saturated carbocycles. The van der Waals surface area contributed by atoms with Gasteiger partial charge in [0.2, 0.25) is 0 Å². The van der Waals surface area contributed by atoms with E-state index in [1.165, 1.54) is 6.07 Å². The van der Waals surface area contributed by atoms with Crippen molar-refractivity contribution in [3.63, 3.8) is 0 Å². The summed E-state index contributed by atoms with van der Waals surface area (Å²) in [7, 11) is 0. The van der Waals surface area contributed by atoms with E-state index in [1.54, 1.807) is 31.2 Å². The first-order valence-electron chi connectivity index (χ1n) is 9.30. The van der Waals surface area contributed by atoms with Crippen LogP contribution in [0.2, 0.25) is 0 Å². The van der Waals surface area contributed by atoms with Gasteiger partial charge in [0.15, 0.2) is 5.78 Å². The highest BCUT2D eigenvalue weighted by Gasteiger charge is 2.44. The van der Waals surface area contributed by atoms with E-state index in [-0.39, 0.29) is 11.2 Å². The van der Waals surface area contributed by atoms with E-state index in [4.69, 9.17) is 4.74 Å². The molecule has 1 saturated heterocycles. The topological polar surface area (TPSA) is 55.4 Å². The van der Waals surface area contributed by atoms with Gasteiger partial charge in [-0.15, -0.1) is 0 Å². The normalized spacial score (nSPS) is 23.7. The second kappa shape index (κ2) is 6.03. The SMILES string of the molecule is C[C@@H]1O[C@@H]2C[C@H](C1=O)c1cc(C(=O)C(F)(F)F)c3cc4ccccc4cc3c1N2. The Balaban J connectivity index is 1.87. The van der Waals surface area contributed by atoms with Crippen LogP contribution in [0.25, 0.3) is 21.5 Å². The molecule has 4 nitrogen and oxygen atoms in total. The quantitative estimate of drug-likeness (QED) is 0.465. The molecule has 1 N–H and O–H groups in total. The molecule has 29 heavy (non-hydrogen) atoms. The van der Waals surface area contributed by atoms with Crippen LogP contribution in [-0.4, -0.2) is 30.1 Å². The molecule has 0 aromatic heterocycles. The third kappa shape index (κ3) is 2.72. The lowest BCUT2D eigenvalue weighted by Crippen LogP contribution is -2.45. The molecule has 0 radical (unpaired) electrons. The summed E-state index contributed by atoms with van der Waals surface area (Å²) >= 11 is 0. The molecule has 0 amide bonds. The monoisotopic (exact) mass is 399 g/mol. The summed E-state index contributed by atoms with van der Waals surface area (Å²) in [5, 5.41) is 5.47.